The average molecular weight is 372 g/mol. The summed E-state index contributed by atoms with van der Waals surface area (Å²) in [5.41, 5.74) is 1.08. The maximum atomic E-state index is 5.82. The van der Waals surface area contributed by atoms with Gasteiger partial charge in [0, 0.05) is 44.5 Å². The maximum Gasteiger partial charge on any atom is 0.233 e. The van der Waals surface area contributed by atoms with Gasteiger partial charge in [-0.25, -0.2) is 4.52 Å². The fourth-order valence-corrected chi connectivity index (χ4v) is 4.31. The van der Waals surface area contributed by atoms with E-state index < -0.39 is 0 Å². The van der Waals surface area contributed by atoms with E-state index in [2.05, 4.69) is 26.8 Å². The minimum absolute atomic E-state index is 0.730. The van der Waals surface area contributed by atoms with Gasteiger partial charge in [-0.1, -0.05) is 6.07 Å². The van der Waals surface area contributed by atoms with Gasteiger partial charge < -0.3 is 14.5 Å². The number of piperidine rings is 1. The van der Waals surface area contributed by atoms with Gasteiger partial charge in [0.1, 0.15) is 0 Å². The second-order valence-corrected chi connectivity index (χ2v) is 8.02. The molecule has 0 aliphatic carbocycles. The summed E-state index contributed by atoms with van der Waals surface area (Å²) in [6, 6.07) is 8.87. The highest BCUT2D eigenvalue weighted by molar-refractivity contribution is 5.48. The molecule has 27 heavy (non-hydrogen) atoms. The van der Waals surface area contributed by atoms with E-state index in [0.717, 1.165) is 30.5 Å². The third kappa shape index (κ3) is 5.00. The number of pyridine rings is 1. The van der Waals surface area contributed by atoms with Crippen LogP contribution in [0.3, 0.4) is 0 Å². The zero-order valence-corrected chi connectivity index (χ0v) is 16.6. The highest BCUT2D eigenvalue weighted by Gasteiger charge is 2.26. The summed E-state index contributed by atoms with van der Waals surface area (Å²) in [6.45, 7) is 9.39. The lowest BCUT2D eigenvalue weighted by Crippen LogP contribution is -2.52. The van der Waals surface area contributed by atoms with E-state index in [1.165, 1.54) is 65.1 Å². The number of hydrogen-bond acceptors (Lipinski definition) is 5. The first kappa shape index (κ1) is 18.7. The predicted octanol–water partition coefficient (Wildman–Crippen LogP) is 2.21. The Morgan fingerprint density at radius 1 is 1.04 bits per heavy atom. The number of nitrogens with zero attached hydrogens (tertiary/aromatic N) is 5. The van der Waals surface area contributed by atoms with Crippen LogP contribution in [-0.2, 0) is 0 Å². The summed E-state index contributed by atoms with van der Waals surface area (Å²) in [4.78, 5) is 7.81. The molecule has 4 heterocycles. The first-order valence-corrected chi connectivity index (χ1v) is 10.5. The SMILES string of the molecule is CN1CCC(N2CCN(CCCCOc3cc4ccccn4n3)CC2)CC1. The highest BCUT2D eigenvalue weighted by Crippen LogP contribution is 2.18. The largest absolute Gasteiger partial charge is 0.477 e. The Kier molecular flexibility index (Phi) is 6.27. The molecular formula is C21H33N5O. The Morgan fingerprint density at radius 2 is 1.85 bits per heavy atom. The van der Waals surface area contributed by atoms with Crippen molar-refractivity contribution in [3.8, 4) is 5.88 Å². The van der Waals surface area contributed by atoms with E-state index in [4.69, 9.17) is 4.74 Å². The smallest absolute Gasteiger partial charge is 0.233 e. The summed E-state index contributed by atoms with van der Waals surface area (Å²) in [6.07, 6.45) is 6.92. The third-order valence-corrected chi connectivity index (χ3v) is 6.08. The lowest BCUT2D eigenvalue weighted by Gasteiger charge is -2.42. The van der Waals surface area contributed by atoms with Crippen molar-refractivity contribution < 1.29 is 4.74 Å². The number of unbranched alkanes of at least 4 members (excludes halogenated alkanes) is 1. The van der Waals surface area contributed by atoms with E-state index in [1.54, 1.807) is 0 Å². The minimum Gasteiger partial charge on any atom is -0.477 e. The van der Waals surface area contributed by atoms with Crippen LogP contribution in [0.2, 0.25) is 0 Å². The molecule has 2 aromatic rings. The highest BCUT2D eigenvalue weighted by atomic mass is 16.5. The summed E-state index contributed by atoms with van der Waals surface area (Å²) in [7, 11) is 2.24. The molecule has 2 aromatic heterocycles. The van der Waals surface area contributed by atoms with Gasteiger partial charge in [-0.15, -0.1) is 5.10 Å². The summed E-state index contributed by atoms with van der Waals surface area (Å²) < 4.78 is 7.68. The van der Waals surface area contributed by atoms with Crippen molar-refractivity contribution in [2.45, 2.75) is 31.7 Å². The second kappa shape index (κ2) is 9.04. The Balaban J connectivity index is 1.10. The molecule has 0 N–H and O–H groups in total. The van der Waals surface area contributed by atoms with Crippen molar-refractivity contribution >= 4 is 5.52 Å². The molecule has 2 aliphatic heterocycles. The molecule has 2 saturated heterocycles. The molecule has 6 nitrogen and oxygen atoms in total. The average Bonchev–Trinajstić information content (AvgIpc) is 3.12. The second-order valence-electron chi connectivity index (χ2n) is 8.02. The molecule has 4 rings (SSSR count). The Hall–Kier alpha value is -1.63. The number of ether oxygens (including phenoxy) is 1. The van der Waals surface area contributed by atoms with Crippen LogP contribution in [0.5, 0.6) is 5.88 Å². The molecule has 0 saturated carbocycles. The van der Waals surface area contributed by atoms with Crippen LogP contribution in [0.4, 0.5) is 0 Å². The Morgan fingerprint density at radius 3 is 2.63 bits per heavy atom. The zero-order chi connectivity index (χ0) is 18.5. The van der Waals surface area contributed by atoms with Gasteiger partial charge >= 0.3 is 0 Å². The summed E-state index contributed by atoms with van der Waals surface area (Å²) >= 11 is 0. The lowest BCUT2D eigenvalue weighted by atomic mass is 10.0. The number of piperazine rings is 1. The topological polar surface area (TPSA) is 36.2 Å². The van der Waals surface area contributed by atoms with Gasteiger partial charge in [0.15, 0.2) is 0 Å². The standard InChI is InChI=1S/C21H33N5O/c1-23-11-7-19(8-12-23)25-15-13-24(14-16-25)9-4-5-17-27-21-18-20-6-2-3-10-26(20)22-21/h2-3,6,10,18-19H,4-5,7-9,11-17H2,1H3. The molecule has 0 bridgehead atoms. The van der Waals surface area contributed by atoms with E-state index in [-0.39, 0.29) is 0 Å². The van der Waals surface area contributed by atoms with E-state index >= 15 is 0 Å². The van der Waals surface area contributed by atoms with E-state index in [0.29, 0.717) is 0 Å². The van der Waals surface area contributed by atoms with Crippen LogP contribution in [0.1, 0.15) is 25.7 Å². The molecule has 0 atom stereocenters. The van der Waals surface area contributed by atoms with Gasteiger partial charge in [0.25, 0.3) is 0 Å². The van der Waals surface area contributed by atoms with Gasteiger partial charge in [-0.3, -0.25) is 4.90 Å². The number of aromatic nitrogens is 2. The maximum absolute atomic E-state index is 5.82. The molecule has 148 valence electrons. The first-order valence-electron chi connectivity index (χ1n) is 10.5. The molecule has 2 fully saturated rings. The minimum atomic E-state index is 0.730. The quantitative estimate of drug-likeness (QED) is 0.698. The molecule has 0 radical (unpaired) electrons. The van der Waals surface area contributed by atoms with Crippen molar-refractivity contribution in [1.82, 2.24) is 24.3 Å². The van der Waals surface area contributed by atoms with Crippen LogP contribution < -0.4 is 4.74 Å². The van der Waals surface area contributed by atoms with E-state index in [9.17, 15) is 0 Å². The lowest BCUT2D eigenvalue weighted by molar-refractivity contribution is 0.0636. The van der Waals surface area contributed by atoms with Crippen LogP contribution >= 0.6 is 0 Å². The van der Waals surface area contributed by atoms with E-state index in [1.807, 2.05) is 35.0 Å². The van der Waals surface area contributed by atoms with Gasteiger partial charge in [-0.2, -0.15) is 0 Å². The fourth-order valence-electron chi connectivity index (χ4n) is 4.31. The zero-order valence-electron chi connectivity index (χ0n) is 16.6. The third-order valence-electron chi connectivity index (χ3n) is 6.08. The summed E-state index contributed by atoms with van der Waals surface area (Å²) in [5.74, 6) is 0.730. The summed E-state index contributed by atoms with van der Waals surface area (Å²) in [5, 5.41) is 4.43. The van der Waals surface area contributed by atoms with Crippen LogP contribution in [0.15, 0.2) is 30.5 Å². The normalized spacial score (nSPS) is 21.1. The molecule has 0 amide bonds. The number of likely N-dealkylation sites (tertiary alicyclic amines) is 1. The van der Waals surface area contributed by atoms with Crippen molar-refractivity contribution in [1.29, 1.82) is 0 Å². The van der Waals surface area contributed by atoms with Gasteiger partial charge in [0.05, 0.1) is 12.1 Å². The molecule has 2 aliphatic rings. The Labute approximate surface area is 162 Å². The fraction of sp³-hybridized carbons (Fsp3) is 0.667. The van der Waals surface area contributed by atoms with Crippen LogP contribution in [0.25, 0.3) is 5.52 Å². The Bertz CT molecular complexity index is 668. The predicted molar refractivity (Wildman–Crippen MR) is 108 cm³/mol. The molecule has 0 aromatic carbocycles. The van der Waals surface area contributed by atoms with Crippen molar-refractivity contribution in [3.63, 3.8) is 0 Å². The molecule has 0 spiro atoms. The number of hydrogen-bond donors (Lipinski definition) is 0. The van der Waals surface area contributed by atoms with Crippen LogP contribution in [0, 0.1) is 0 Å². The van der Waals surface area contributed by atoms with Crippen molar-refractivity contribution in [2.75, 3.05) is 59.5 Å². The van der Waals surface area contributed by atoms with Gasteiger partial charge in [-0.05, 0) is 64.5 Å². The van der Waals surface area contributed by atoms with Crippen molar-refractivity contribution in [3.05, 3.63) is 30.5 Å². The first-order chi connectivity index (χ1) is 13.3. The van der Waals surface area contributed by atoms with Crippen LogP contribution in [-0.4, -0.2) is 89.8 Å². The monoisotopic (exact) mass is 371 g/mol. The van der Waals surface area contributed by atoms with Gasteiger partial charge in [0.2, 0.25) is 5.88 Å². The van der Waals surface area contributed by atoms with Crippen molar-refractivity contribution in [2.24, 2.45) is 0 Å². The molecule has 6 heteroatoms. The number of rotatable bonds is 7. The number of fused-ring (bicyclic) bond motifs is 1. The molecule has 0 unspecified atom stereocenters. The molecular weight excluding hydrogens is 338 g/mol.